The SMILES string of the molecule is C=C1N[C@@H](Cc2ccc(F)cc2)C(=O)N[C@H]1Cc1ccc(N)cc1. The van der Waals surface area contributed by atoms with E-state index in [-0.39, 0.29) is 17.8 Å². The van der Waals surface area contributed by atoms with Gasteiger partial charge in [0.2, 0.25) is 5.91 Å². The molecule has 1 aliphatic heterocycles. The number of carbonyl (C=O) groups excluding carboxylic acids is 1. The molecule has 1 aliphatic rings. The number of benzene rings is 2. The zero-order valence-corrected chi connectivity index (χ0v) is 13.3. The van der Waals surface area contributed by atoms with Gasteiger partial charge in [0.15, 0.2) is 0 Å². The third-order valence-corrected chi connectivity index (χ3v) is 4.19. The summed E-state index contributed by atoms with van der Waals surface area (Å²) in [4.78, 5) is 12.4. The van der Waals surface area contributed by atoms with Crippen LogP contribution in [0.25, 0.3) is 0 Å². The Morgan fingerprint density at radius 2 is 1.46 bits per heavy atom. The van der Waals surface area contributed by atoms with Crippen molar-refractivity contribution >= 4 is 11.6 Å². The van der Waals surface area contributed by atoms with Crippen LogP contribution in [0.3, 0.4) is 0 Å². The minimum Gasteiger partial charge on any atom is -0.399 e. The van der Waals surface area contributed by atoms with Crippen molar-refractivity contribution in [1.29, 1.82) is 0 Å². The summed E-state index contributed by atoms with van der Waals surface area (Å²) in [6.45, 7) is 4.04. The van der Waals surface area contributed by atoms with Crippen LogP contribution in [0.15, 0.2) is 60.8 Å². The first-order valence-electron chi connectivity index (χ1n) is 7.86. The van der Waals surface area contributed by atoms with E-state index in [1.165, 1.54) is 12.1 Å². The summed E-state index contributed by atoms with van der Waals surface area (Å²) < 4.78 is 13.0. The molecule has 124 valence electrons. The molecular weight excluding hydrogens is 305 g/mol. The molecule has 0 radical (unpaired) electrons. The highest BCUT2D eigenvalue weighted by Gasteiger charge is 2.30. The average molecular weight is 325 g/mol. The minimum atomic E-state index is -0.398. The highest BCUT2D eigenvalue weighted by molar-refractivity contribution is 5.84. The molecule has 5 heteroatoms. The molecule has 24 heavy (non-hydrogen) atoms. The molecule has 0 spiro atoms. The number of hydrogen-bond acceptors (Lipinski definition) is 3. The number of hydrogen-bond donors (Lipinski definition) is 3. The monoisotopic (exact) mass is 325 g/mol. The number of nitrogens with two attached hydrogens (primary N) is 1. The van der Waals surface area contributed by atoms with Gasteiger partial charge >= 0.3 is 0 Å². The Kier molecular flexibility index (Phi) is 4.51. The van der Waals surface area contributed by atoms with Crippen molar-refractivity contribution in [2.45, 2.75) is 24.9 Å². The maximum Gasteiger partial charge on any atom is 0.243 e. The molecule has 2 aromatic rings. The summed E-state index contributed by atoms with van der Waals surface area (Å²) >= 11 is 0. The smallest absolute Gasteiger partial charge is 0.243 e. The van der Waals surface area contributed by atoms with Gasteiger partial charge in [-0.3, -0.25) is 4.79 Å². The normalized spacial score (nSPS) is 20.4. The standard InChI is InChI=1S/C19H20FN3O/c1-12-17(10-14-4-8-16(21)9-5-14)23-19(24)18(22-12)11-13-2-6-15(20)7-3-13/h2-9,17-18,22H,1,10-11,21H2,(H,23,24)/t17-,18-/m0/s1. The zero-order valence-electron chi connectivity index (χ0n) is 13.3. The number of halogens is 1. The van der Waals surface area contributed by atoms with E-state index in [1.807, 2.05) is 24.3 Å². The highest BCUT2D eigenvalue weighted by atomic mass is 19.1. The van der Waals surface area contributed by atoms with E-state index in [2.05, 4.69) is 17.2 Å². The third-order valence-electron chi connectivity index (χ3n) is 4.19. The van der Waals surface area contributed by atoms with Gasteiger partial charge in [0, 0.05) is 17.8 Å². The number of anilines is 1. The quantitative estimate of drug-likeness (QED) is 0.755. The Balaban J connectivity index is 1.63. The van der Waals surface area contributed by atoms with Gasteiger partial charge in [-0.15, -0.1) is 0 Å². The number of carbonyl (C=O) groups is 1. The van der Waals surface area contributed by atoms with E-state index in [4.69, 9.17) is 5.73 Å². The summed E-state index contributed by atoms with van der Waals surface area (Å²) in [5.74, 6) is -0.361. The molecule has 1 amide bonds. The highest BCUT2D eigenvalue weighted by Crippen LogP contribution is 2.16. The van der Waals surface area contributed by atoms with Crippen LogP contribution in [-0.4, -0.2) is 18.0 Å². The minimum absolute atomic E-state index is 0.0767. The lowest BCUT2D eigenvalue weighted by atomic mass is 9.97. The van der Waals surface area contributed by atoms with E-state index >= 15 is 0 Å². The second-order valence-electron chi connectivity index (χ2n) is 6.06. The van der Waals surface area contributed by atoms with Gasteiger partial charge in [0.05, 0.1) is 6.04 Å². The van der Waals surface area contributed by atoms with E-state index in [0.717, 1.165) is 16.8 Å². The van der Waals surface area contributed by atoms with Gasteiger partial charge in [-0.05, 0) is 41.8 Å². The van der Waals surface area contributed by atoms with Gasteiger partial charge in [-0.25, -0.2) is 4.39 Å². The van der Waals surface area contributed by atoms with Crippen LogP contribution < -0.4 is 16.4 Å². The molecule has 0 aromatic heterocycles. The molecule has 1 fully saturated rings. The molecule has 2 aromatic carbocycles. The number of nitrogens with one attached hydrogen (secondary N) is 2. The van der Waals surface area contributed by atoms with E-state index in [9.17, 15) is 9.18 Å². The Hall–Kier alpha value is -2.82. The van der Waals surface area contributed by atoms with Crippen molar-refractivity contribution in [2.75, 3.05) is 5.73 Å². The molecule has 1 saturated heterocycles. The summed E-state index contributed by atoms with van der Waals surface area (Å²) in [5, 5.41) is 6.19. The lowest BCUT2D eigenvalue weighted by Crippen LogP contribution is -2.57. The Labute approximate surface area is 140 Å². The van der Waals surface area contributed by atoms with E-state index in [1.54, 1.807) is 12.1 Å². The lowest BCUT2D eigenvalue weighted by molar-refractivity contribution is -0.124. The van der Waals surface area contributed by atoms with E-state index < -0.39 is 6.04 Å². The first-order valence-corrected chi connectivity index (χ1v) is 7.86. The fraction of sp³-hybridized carbons (Fsp3) is 0.211. The third kappa shape index (κ3) is 3.74. The molecule has 0 aliphatic carbocycles. The molecule has 0 unspecified atom stereocenters. The van der Waals surface area contributed by atoms with Crippen LogP contribution in [0.4, 0.5) is 10.1 Å². The Bertz CT molecular complexity index is 675. The van der Waals surface area contributed by atoms with Gasteiger partial charge in [0.25, 0.3) is 0 Å². The van der Waals surface area contributed by atoms with Crippen LogP contribution in [0, 0.1) is 5.82 Å². The van der Waals surface area contributed by atoms with Gasteiger partial charge in [0.1, 0.15) is 11.9 Å². The van der Waals surface area contributed by atoms with Crippen molar-refractivity contribution in [3.8, 4) is 0 Å². The van der Waals surface area contributed by atoms with Crippen LogP contribution >= 0.6 is 0 Å². The summed E-state index contributed by atoms with van der Waals surface area (Å²) in [5.41, 5.74) is 9.15. The molecule has 4 N–H and O–H groups in total. The zero-order chi connectivity index (χ0) is 17.1. The van der Waals surface area contributed by atoms with Crippen LogP contribution in [0.5, 0.6) is 0 Å². The molecule has 4 nitrogen and oxygen atoms in total. The van der Waals surface area contributed by atoms with E-state index in [0.29, 0.717) is 18.5 Å². The van der Waals surface area contributed by atoms with Gasteiger partial charge in [-0.1, -0.05) is 30.8 Å². The van der Waals surface area contributed by atoms with Crippen molar-refractivity contribution in [2.24, 2.45) is 0 Å². The maximum absolute atomic E-state index is 13.0. The largest absolute Gasteiger partial charge is 0.399 e. The predicted octanol–water partition coefficient (Wildman–Crippen LogP) is 2.16. The van der Waals surface area contributed by atoms with Crippen molar-refractivity contribution in [3.63, 3.8) is 0 Å². The second-order valence-corrected chi connectivity index (χ2v) is 6.06. The molecule has 1 heterocycles. The Morgan fingerprint density at radius 3 is 2.08 bits per heavy atom. The maximum atomic E-state index is 13.0. The topological polar surface area (TPSA) is 67.2 Å². The summed E-state index contributed by atoms with van der Waals surface area (Å²) in [6.07, 6.45) is 1.14. The van der Waals surface area contributed by atoms with Gasteiger partial charge < -0.3 is 16.4 Å². The molecule has 2 atom stereocenters. The molecular formula is C19H20FN3O. The predicted molar refractivity (Wildman–Crippen MR) is 92.7 cm³/mol. The summed E-state index contributed by atoms with van der Waals surface area (Å²) in [6, 6.07) is 13.2. The van der Waals surface area contributed by atoms with Gasteiger partial charge in [-0.2, -0.15) is 0 Å². The lowest BCUT2D eigenvalue weighted by Gasteiger charge is -2.33. The summed E-state index contributed by atoms with van der Waals surface area (Å²) in [7, 11) is 0. The Morgan fingerprint density at radius 1 is 0.917 bits per heavy atom. The molecule has 0 saturated carbocycles. The van der Waals surface area contributed by atoms with Crippen LogP contribution in [0.2, 0.25) is 0 Å². The number of piperazine rings is 1. The van der Waals surface area contributed by atoms with Crippen molar-refractivity contribution in [1.82, 2.24) is 10.6 Å². The molecule has 0 bridgehead atoms. The molecule has 3 rings (SSSR count). The number of nitrogen functional groups attached to an aromatic ring is 1. The first kappa shape index (κ1) is 16.1. The second kappa shape index (κ2) is 6.74. The number of rotatable bonds is 4. The fourth-order valence-corrected chi connectivity index (χ4v) is 2.81. The first-order chi connectivity index (χ1) is 11.5. The van der Waals surface area contributed by atoms with Crippen LogP contribution in [-0.2, 0) is 17.6 Å². The average Bonchev–Trinajstić information content (AvgIpc) is 2.56. The fourth-order valence-electron chi connectivity index (χ4n) is 2.81. The van der Waals surface area contributed by atoms with Crippen molar-refractivity contribution in [3.05, 3.63) is 77.8 Å². The van der Waals surface area contributed by atoms with Crippen LogP contribution in [0.1, 0.15) is 11.1 Å². The van der Waals surface area contributed by atoms with Crippen molar-refractivity contribution < 1.29 is 9.18 Å². The number of amides is 1.